The molecular formula is C15H15FN2O3. The number of aliphatic hydroxyl groups is 1. The van der Waals surface area contributed by atoms with Crippen molar-refractivity contribution in [2.45, 2.75) is 6.42 Å². The third-order valence-corrected chi connectivity index (χ3v) is 3.39. The summed E-state index contributed by atoms with van der Waals surface area (Å²) >= 11 is 0. The molecule has 0 saturated carbocycles. The summed E-state index contributed by atoms with van der Waals surface area (Å²) in [6, 6.07) is 3.69. The zero-order valence-electron chi connectivity index (χ0n) is 11.3. The number of rotatable bonds is 2. The van der Waals surface area contributed by atoms with Crippen molar-refractivity contribution in [1.82, 2.24) is 4.90 Å². The van der Waals surface area contributed by atoms with Crippen LogP contribution in [-0.2, 0) is 4.79 Å². The van der Waals surface area contributed by atoms with Crippen LogP contribution in [0.25, 0.3) is 0 Å². The van der Waals surface area contributed by atoms with Crippen molar-refractivity contribution in [2.24, 2.45) is 11.7 Å². The van der Waals surface area contributed by atoms with Gasteiger partial charge in [0.15, 0.2) is 0 Å². The average Bonchev–Trinajstić information content (AvgIpc) is 2.94. The van der Waals surface area contributed by atoms with E-state index in [1.54, 1.807) is 0 Å². The topological polar surface area (TPSA) is 83.6 Å². The maximum absolute atomic E-state index is 13.3. The van der Waals surface area contributed by atoms with E-state index in [1.807, 2.05) is 0 Å². The van der Waals surface area contributed by atoms with Crippen molar-refractivity contribution in [1.29, 1.82) is 0 Å². The predicted octanol–water partition coefficient (Wildman–Crippen LogP) is 0.117. The highest BCUT2D eigenvalue weighted by Gasteiger charge is 2.30. The number of hydrogen-bond donors (Lipinski definition) is 2. The molecule has 0 bridgehead atoms. The van der Waals surface area contributed by atoms with Crippen molar-refractivity contribution in [3.05, 3.63) is 35.1 Å². The summed E-state index contributed by atoms with van der Waals surface area (Å²) in [5, 5.41) is 8.72. The van der Waals surface area contributed by atoms with Crippen molar-refractivity contribution >= 4 is 11.8 Å². The molecule has 2 amide bonds. The van der Waals surface area contributed by atoms with Crippen LogP contribution < -0.4 is 5.73 Å². The van der Waals surface area contributed by atoms with Gasteiger partial charge in [0.2, 0.25) is 5.91 Å². The van der Waals surface area contributed by atoms with Gasteiger partial charge in [0, 0.05) is 18.7 Å². The molecule has 3 N–H and O–H groups in total. The fraction of sp³-hybridized carbons (Fsp3) is 0.333. The second-order valence-electron chi connectivity index (χ2n) is 4.79. The molecule has 1 aromatic carbocycles. The molecule has 21 heavy (non-hydrogen) atoms. The first kappa shape index (κ1) is 15.0. The highest BCUT2D eigenvalue weighted by Crippen LogP contribution is 2.20. The van der Waals surface area contributed by atoms with E-state index in [4.69, 9.17) is 10.8 Å². The number of carbonyl (C=O) groups excluding carboxylic acids is 2. The van der Waals surface area contributed by atoms with E-state index in [-0.39, 0.29) is 36.1 Å². The number of nitrogens with two attached hydrogens (primary N) is 1. The lowest BCUT2D eigenvalue weighted by Gasteiger charge is -2.17. The van der Waals surface area contributed by atoms with Crippen molar-refractivity contribution in [3.63, 3.8) is 0 Å². The number of carbonyl (C=O) groups is 2. The van der Waals surface area contributed by atoms with Crippen LogP contribution in [0, 0.1) is 23.6 Å². The van der Waals surface area contributed by atoms with Crippen molar-refractivity contribution < 1.29 is 19.1 Å². The maximum Gasteiger partial charge on any atom is 0.255 e. The molecule has 1 saturated heterocycles. The fourth-order valence-electron chi connectivity index (χ4n) is 2.29. The molecule has 1 heterocycles. The van der Waals surface area contributed by atoms with Crippen molar-refractivity contribution in [2.75, 3.05) is 19.7 Å². The first-order valence-electron chi connectivity index (χ1n) is 6.50. The molecule has 2 rings (SSSR count). The number of halogens is 1. The SMILES string of the molecule is NC(=O)C1CCN(C(=O)c2ccc(F)cc2C#CCO)C1. The second kappa shape index (κ2) is 6.37. The Balaban J connectivity index is 2.25. The van der Waals surface area contributed by atoms with Gasteiger partial charge in [-0.3, -0.25) is 9.59 Å². The Morgan fingerprint density at radius 2 is 2.24 bits per heavy atom. The lowest BCUT2D eigenvalue weighted by atomic mass is 10.1. The van der Waals surface area contributed by atoms with E-state index in [0.717, 1.165) is 6.07 Å². The van der Waals surface area contributed by atoms with Gasteiger partial charge in [0.05, 0.1) is 11.5 Å². The Labute approximate surface area is 121 Å². The first-order chi connectivity index (χ1) is 10.0. The molecule has 0 aromatic heterocycles. The van der Waals surface area contributed by atoms with Gasteiger partial charge in [-0.2, -0.15) is 0 Å². The van der Waals surface area contributed by atoms with Crippen LogP contribution in [-0.4, -0.2) is 41.5 Å². The molecule has 110 valence electrons. The normalized spacial score (nSPS) is 17.2. The lowest BCUT2D eigenvalue weighted by molar-refractivity contribution is -0.121. The third-order valence-electron chi connectivity index (χ3n) is 3.39. The Hall–Kier alpha value is -2.39. The average molecular weight is 290 g/mol. The Kier molecular flexibility index (Phi) is 4.55. The quantitative estimate of drug-likeness (QED) is 0.759. The number of hydrogen-bond acceptors (Lipinski definition) is 3. The van der Waals surface area contributed by atoms with Crippen LogP contribution in [0.3, 0.4) is 0 Å². The zero-order chi connectivity index (χ0) is 15.4. The Bertz CT molecular complexity index is 634. The van der Waals surface area contributed by atoms with Crippen LogP contribution in [0.15, 0.2) is 18.2 Å². The number of amides is 2. The molecule has 5 nitrogen and oxygen atoms in total. The molecule has 6 heteroatoms. The molecule has 1 aliphatic rings. The molecule has 0 radical (unpaired) electrons. The number of benzene rings is 1. The highest BCUT2D eigenvalue weighted by atomic mass is 19.1. The summed E-state index contributed by atoms with van der Waals surface area (Å²) in [4.78, 5) is 25.1. The summed E-state index contributed by atoms with van der Waals surface area (Å²) < 4.78 is 13.3. The first-order valence-corrected chi connectivity index (χ1v) is 6.50. The molecule has 1 fully saturated rings. The molecule has 1 atom stereocenters. The molecule has 1 aliphatic heterocycles. The monoisotopic (exact) mass is 290 g/mol. The summed E-state index contributed by atoms with van der Waals surface area (Å²) in [6.45, 7) is 0.312. The molecular weight excluding hydrogens is 275 g/mol. The minimum absolute atomic E-state index is 0.219. The minimum atomic E-state index is -0.509. The van der Waals surface area contributed by atoms with Gasteiger partial charge in [-0.15, -0.1) is 0 Å². The molecule has 1 unspecified atom stereocenters. The Morgan fingerprint density at radius 3 is 2.86 bits per heavy atom. The van der Waals surface area contributed by atoms with Crippen LogP contribution in [0.5, 0.6) is 0 Å². The third kappa shape index (κ3) is 3.38. The summed E-state index contributed by atoms with van der Waals surface area (Å²) in [7, 11) is 0. The van der Waals surface area contributed by atoms with Crippen molar-refractivity contribution in [3.8, 4) is 11.8 Å². The fourth-order valence-corrected chi connectivity index (χ4v) is 2.29. The summed E-state index contributed by atoms with van der Waals surface area (Å²) in [6.07, 6.45) is 0.528. The number of primary amides is 1. The van der Waals surface area contributed by atoms with Gasteiger partial charge in [-0.25, -0.2) is 4.39 Å². The number of likely N-dealkylation sites (tertiary alicyclic amines) is 1. The second-order valence-corrected chi connectivity index (χ2v) is 4.79. The van der Waals surface area contributed by atoms with E-state index >= 15 is 0 Å². The largest absolute Gasteiger partial charge is 0.384 e. The summed E-state index contributed by atoms with van der Waals surface area (Å²) in [5.74, 6) is 3.36. The van der Waals surface area contributed by atoms with Gasteiger partial charge in [-0.1, -0.05) is 11.8 Å². The van der Waals surface area contributed by atoms with Gasteiger partial charge in [-0.05, 0) is 24.6 Å². The van der Waals surface area contributed by atoms with Crippen LogP contribution in [0.4, 0.5) is 4.39 Å². The van der Waals surface area contributed by atoms with Crippen LogP contribution in [0.2, 0.25) is 0 Å². The lowest BCUT2D eigenvalue weighted by Crippen LogP contribution is -2.32. The zero-order valence-corrected chi connectivity index (χ0v) is 11.3. The smallest absolute Gasteiger partial charge is 0.255 e. The number of nitrogens with zero attached hydrogens (tertiary/aromatic N) is 1. The minimum Gasteiger partial charge on any atom is -0.384 e. The van der Waals surface area contributed by atoms with Gasteiger partial charge in [0.25, 0.3) is 5.91 Å². The van der Waals surface area contributed by atoms with E-state index in [1.165, 1.54) is 17.0 Å². The highest BCUT2D eigenvalue weighted by molar-refractivity contribution is 5.97. The molecule has 0 aliphatic carbocycles. The van der Waals surface area contributed by atoms with Crippen LogP contribution in [0.1, 0.15) is 22.3 Å². The van der Waals surface area contributed by atoms with E-state index in [2.05, 4.69) is 11.8 Å². The van der Waals surface area contributed by atoms with Gasteiger partial charge < -0.3 is 15.7 Å². The number of aliphatic hydroxyl groups excluding tert-OH is 1. The predicted molar refractivity (Wildman–Crippen MR) is 73.6 cm³/mol. The Morgan fingerprint density at radius 1 is 1.48 bits per heavy atom. The standard InChI is InChI=1S/C15H15FN2O3/c16-12-3-4-13(10(8-12)2-1-7-19)15(21)18-6-5-11(9-18)14(17)20/h3-4,8,11,19H,5-7,9H2,(H2,17,20). The van der Waals surface area contributed by atoms with Crippen LogP contribution >= 0.6 is 0 Å². The van der Waals surface area contributed by atoms with Gasteiger partial charge >= 0.3 is 0 Å². The van der Waals surface area contributed by atoms with E-state index in [9.17, 15) is 14.0 Å². The summed E-state index contributed by atoms with van der Waals surface area (Å²) in [5.41, 5.74) is 5.71. The molecule has 1 aromatic rings. The molecule has 0 spiro atoms. The van der Waals surface area contributed by atoms with E-state index < -0.39 is 11.7 Å². The van der Waals surface area contributed by atoms with E-state index in [0.29, 0.717) is 13.0 Å². The maximum atomic E-state index is 13.3. The van der Waals surface area contributed by atoms with Gasteiger partial charge in [0.1, 0.15) is 12.4 Å².